The zero-order chi connectivity index (χ0) is 46.4. The summed E-state index contributed by atoms with van der Waals surface area (Å²) in [5.74, 6) is 3.67. The van der Waals surface area contributed by atoms with Gasteiger partial charge in [-0.3, -0.25) is 9.59 Å². The maximum atomic E-state index is 15.2. The van der Waals surface area contributed by atoms with E-state index in [2.05, 4.69) is 24.1 Å². The van der Waals surface area contributed by atoms with E-state index in [9.17, 15) is 35.1 Å². The van der Waals surface area contributed by atoms with Gasteiger partial charge in [-0.05, 0) is 116 Å². The van der Waals surface area contributed by atoms with Crippen LogP contribution in [0, 0.1) is 23.7 Å². The maximum absolute atomic E-state index is 15.2. The molecule has 3 aliphatic heterocycles. The number of anilines is 1. The molecule has 0 saturated heterocycles. The highest BCUT2D eigenvalue weighted by Gasteiger charge is 2.49. The molecule has 11 heteroatoms. The van der Waals surface area contributed by atoms with Crippen LogP contribution in [0.1, 0.15) is 148 Å². The molecule has 6 N–H and O–H groups in total. The van der Waals surface area contributed by atoms with Gasteiger partial charge in [0.15, 0.2) is 0 Å². The number of nitrogens with one attached hydrogen (secondary N) is 1. The fourth-order valence-electron chi connectivity index (χ4n) is 10.7. The first-order valence-electron chi connectivity index (χ1n) is 23.9. The molecule has 65 heavy (non-hydrogen) atoms. The standard InChI is InChI=1S/C54H67NO10/c1-5-8-9-13-45-41(31-56)23-37(27-47(45)55-30-32(4)57)35-14-15-36-29-50(60)65-52-44(7-3)51(61)39(26-46(36)52)28-49-54(63,18-6-2)42-16-17-48(59)38(24-42)20-33-11-10-12-34(19-33)21-43(58)25-40(22-35)53(62)64-49/h10-12,19,23,25-27,32,35-36,38,42-43,49,55-58,61,63H,5-9,13,16-18,20-22,24,28-31H2,1-4H3/b40-25-/t32-,35+,36-,38+,42-,43+,49+,54-/m0/s1. The quantitative estimate of drug-likeness (QED) is 0.0456. The molecule has 1 fully saturated rings. The molecule has 3 heterocycles. The predicted molar refractivity (Wildman–Crippen MR) is 249 cm³/mol. The Bertz CT molecular complexity index is 2340. The highest BCUT2D eigenvalue weighted by Crippen LogP contribution is 2.47. The minimum atomic E-state index is -1.63. The molecule has 7 rings (SSSR count). The van der Waals surface area contributed by atoms with Crippen LogP contribution in [0.3, 0.4) is 0 Å². The number of carbonyl (C=O) groups is 3. The van der Waals surface area contributed by atoms with Crippen molar-refractivity contribution in [2.75, 3.05) is 11.9 Å². The first-order valence-corrected chi connectivity index (χ1v) is 23.9. The van der Waals surface area contributed by atoms with Gasteiger partial charge in [-0.15, -0.1) is 0 Å². The molecular weight excluding hydrogens is 823 g/mol. The number of hydrogen-bond donors (Lipinski definition) is 6. The van der Waals surface area contributed by atoms with Gasteiger partial charge in [0.25, 0.3) is 0 Å². The molecule has 8 atom stereocenters. The summed E-state index contributed by atoms with van der Waals surface area (Å²) in [7, 11) is 0. The Balaban J connectivity index is 1.47. The molecule has 8 bridgehead atoms. The summed E-state index contributed by atoms with van der Waals surface area (Å²) in [6, 6.07) is 13.4. The smallest absolute Gasteiger partial charge is 0.334 e. The summed E-state index contributed by atoms with van der Waals surface area (Å²) < 4.78 is 12.5. The third-order valence-corrected chi connectivity index (χ3v) is 14.1. The molecule has 1 aliphatic carbocycles. The lowest BCUT2D eigenvalue weighted by Crippen LogP contribution is -2.54. The van der Waals surface area contributed by atoms with Gasteiger partial charge in [0.1, 0.15) is 29.0 Å². The fourth-order valence-corrected chi connectivity index (χ4v) is 10.7. The zero-order valence-corrected chi connectivity index (χ0v) is 38.5. The van der Waals surface area contributed by atoms with E-state index in [0.717, 1.165) is 41.6 Å². The van der Waals surface area contributed by atoms with Crippen LogP contribution >= 0.6 is 0 Å². The average molecular weight is 890 g/mol. The zero-order valence-electron chi connectivity index (χ0n) is 38.5. The summed E-state index contributed by atoms with van der Waals surface area (Å²) in [5.41, 5.74) is 4.76. The van der Waals surface area contributed by atoms with Crippen LogP contribution in [0.5, 0.6) is 11.5 Å². The Kier molecular flexibility index (Phi) is 15.6. The van der Waals surface area contributed by atoms with Crippen molar-refractivity contribution in [3.63, 3.8) is 0 Å². The molecule has 0 aromatic heterocycles. The van der Waals surface area contributed by atoms with Crippen molar-refractivity contribution in [1.82, 2.24) is 0 Å². The number of aliphatic hydroxyl groups excluding tert-OH is 3. The van der Waals surface area contributed by atoms with E-state index >= 15 is 4.79 Å². The van der Waals surface area contributed by atoms with E-state index in [-0.39, 0.29) is 80.4 Å². The second kappa shape index (κ2) is 21.1. The molecule has 0 amide bonds. The number of aromatic hydroxyl groups is 1. The lowest BCUT2D eigenvalue weighted by Gasteiger charge is -2.45. The molecule has 11 nitrogen and oxygen atoms in total. The number of fused-ring (bicyclic) bond motifs is 8. The molecular formula is C54H67NO10. The normalized spacial score (nSPS) is 26.9. The van der Waals surface area contributed by atoms with Crippen molar-refractivity contribution in [2.24, 2.45) is 11.8 Å². The van der Waals surface area contributed by atoms with Crippen molar-refractivity contribution >= 4 is 23.4 Å². The second-order valence-corrected chi connectivity index (χ2v) is 18.9. The van der Waals surface area contributed by atoms with Gasteiger partial charge in [0.2, 0.25) is 0 Å². The molecule has 0 unspecified atom stereocenters. The van der Waals surface area contributed by atoms with E-state index in [1.54, 1.807) is 13.0 Å². The molecule has 1 saturated carbocycles. The number of Topliss-reactive ketones (excluding diaryl/α,β-unsaturated/α-hetero) is 1. The first kappa shape index (κ1) is 48.0. The summed E-state index contributed by atoms with van der Waals surface area (Å²) in [4.78, 5) is 42.1. The highest BCUT2D eigenvalue weighted by atomic mass is 16.6. The molecule has 0 radical (unpaired) electrons. The van der Waals surface area contributed by atoms with Gasteiger partial charge >= 0.3 is 11.9 Å². The van der Waals surface area contributed by atoms with Crippen molar-refractivity contribution in [3.8, 4) is 23.3 Å². The number of ketones is 1. The number of unbranched alkanes of at least 4 members (excludes halogenated alkanes) is 2. The van der Waals surface area contributed by atoms with Gasteiger partial charge in [-0.25, -0.2) is 4.79 Å². The third-order valence-electron chi connectivity index (χ3n) is 14.1. The Hall–Kier alpha value is -4.99. The number of ether oxygens (including phenoxy) is 2. The van der Waals surface area contributed by atoms with Gasteiger partial charge in [0, 0.05) is 60.0 Å². The number of rotatable bonds is 12. The number of carbonyl (C=O) groups excluding carboxylic acids is 3. The summed E-state index contributed by atoms with van der Waals surface area (Å²) >= 11 is 0. The van der Waals surface area contributed by atoms with Crippen molar-refractivity contribution < 1.29 is 49.4 Å². The summed E-state index contributed by atoms with van der Waals surface area (Å²) in [6.45, 7) is 7.63. The maximum Gasteiger partial charge on any atom is 0.334 e. The third kappa shape index (κ3) is 10.8. The Morgan fingerprint density at radius 3 is 2.42 bits per heavy atom. The minimum Gasteiger partial charge on any atom is -0.507 e. The van der Waals surface area contributed by atoms with Crippen LogP contribution < -0.4 is 10.1 Å². The summed E-state index contributed by atoms with van der Waals surface area (Å²) in [5, 5.41) is 61.7. The van der Waals surface area contributed by atoms with Gasteiger partial charge in [-0.1, -0.05) is 82.2 Å². The first-order chi connectivity index (χ1) is 31.2. The van der Waals surface area contributed by atoms with E-state index in [1.807, 2.05) is 50.2 Å². The van der Waals surface area contributed by atoms with E-state index in [1.165, 1.54) is 6.08 Å². The predicted octanol–water partition coefficient (Wildman–Crippen LogP) is 7.61. The monoisotopic (exact) mass is 889 g/mol. The van der Waals surface area contributed by atoms with Gasteiger partial charge in [0.05, 0.1) is 31.2 Å². The Morgan fingerprint density at radius 1 is 0.923 bits per heavy atom. The highest BCUT2D eigenvalue weighted by molar-refractivity contribution is 5.89. The van der Waals surface area contributed by atoms with Crippen LogP contribution in [-0.4, -0.2) is 73.7 Å². The second-order valence-electron chi connectivity index (χ2n) is 18.9. The van der Waals surface area contributed by atoms with Crippen molar-refractivity contribution in [3.05, 3.63) is 98.6 Å². The largest absolute Gasteiger partial charge is 0.507 e. The fraction of sp³-hybridized carbons (Fsp3) is 0.537. The van der Waals surface area contributed by atoms with E-state index < -0.39 is 53.6 Å². The number of phenolic OH excluding ortho intramolecular Hbond substituents is 1. The van der Waals surface area contributed by atoms with Crippen LogP contribution in [0.15, 0.2) is 54.1 Å². The van der Waals surface area contributed by atoms with E-state index in [4.69, 9.17) is 9.47 Å². The summed E-state index contributed by atoms with van der Waals surface area (Å²) in [6.07, 6.45) is 4.76. The Morgan fingerprint density at radius 2 is 1.69 bits per heavy atom. The molecule has 3 aromatic rings. The van der Waals surface area contributed by atoms with Crippen molar-refractivity contribution in [1.29, 1.82) is 0 Å². The topological polar surface area (TPSA) is 183 Å². The minimum absolute atomic E-state index is 0.0369. The van der Waals surface area contributed by atoms with E-state index in [0.29, 0.717) is 66.3 Å². The number of phenols is 1. The number of esters is 2. The Labute approximate surface area is 383 Å². The lowest BCUT2D eigenvalue weighted by molar-refractivity contribution is -0.176. The van der Waals surface area contributed by atoms with Gasteiger partial charge < -0.3 is 40.3 Å². The number of aliphatic hydroxyl groups is 4. The average Bonchev–Trinajstić information content (AvgIpc) is 3.28. The van der Waals surface area contributed by atoms with Crippen molar-refractivity contribution in [2.45, 2.75) is 166 Å². The SMILES string of the molecule is CCCCCc1c(CO)cc([C@@H]2C#C[C@H]3CC(=O)Oc4c3cc(c(O)c4CC)C[C@H]3OC(=O)/C(=C\[C@H](O)Cc4cccc(c4)C[C@@H]4C[C@H](CCC4=O)[C@@]3(O)CCC)C2)cc1NC[C@H](C)O. The molecule has 4 aliphatic rings. The molecule has 3 aromatic carbocycles. The lowest BCUT2D eigenvalue weighted by atomic mass is 9.66. The van der Waals surface area contributed by atoms with Crippen LogP contribution in [0.4, 0.5) is 5.69 Å². The number of benzene rings is 3. The van der Waals surface area contributed by atoms with Gasteiger partial charge in [-0.2, -0.15) is 0 Å². The van der Waals surface area contributed by atoms with Crippen LogP contribution in [0.25, 0.3) is 0 Å². The molecule has 348 valence electrons. The van der Waals surface area contributed by atoms with Crippen LogP contribution in [-0.2, 0) is 57.8 Å². The number of hydrogen-bond acceptors (Lipinski definition) is 11. The van der Waals surface area contributed by atoms with Crippen LogP contribution in [0.2, 0.25) is 0 Å². The molecule has 0 spiro atoms.